The van der Waals surface area contributed by atoms with Crippen LogP contribution in [0.2, 0.25) is 5.02 Å². The molecule has 1 amide bonds. The van der Waals surface area contributed by atoms with Gasteiger partial charge in [0.15, 0.2) is 0 Å². The monoisotopic (exact) mass is 389 g/mol. The largest absolute Gasteiger partial charge is 0.416 e. The Bertz CT molecular complexity index is 1250. The number of hydrogen-bond donors (Lipinski definition) is 1. The van der Waals surface area contributed by atoms with Gasteiger partial charge in [-0.3, -0.25) is 4.79 Å². The average molecular weight is 390 g/mol. The Morgan fingerprint density at radius 3 is 2.36 bits per heavy atom. The number of hydrogen-bond acceptors (Lipinski definition) is 3. The molecule has 1 heterocycles. The standard InChI is InChI=1S/C23H16ClNO3/c1-14-11-12-16(24)13-19(14)25-22(26)21-20(15-7-3-2-4-8-15)17-9-5-6-10-18(17)23(27)28-21/h2-13H,1H3,(H,25,26). The molecule has 3 aromatic carbocycles. The highest BCUT2D eigenvalue weighted by Gasteiger charge is 2.21. The molecule has 0 saturated heterocycles. The molecule has 1 N–H and O–H groups in total. The van der Waals surface area contributed by atoms with Gasteiger partial charge in [0.1, 0.15) is 0 Å². The fourth-order valence-corrected chi connectivity index (χ4v) is 3.33. The van der Waals surface area contributed by atoms with Crippen molar-refractivity contribution in [1.82, 2.24) is 0 Å². The molecule has 0 aliphatic rings. The number of amides is 1. The van der Waals surface area contributed by atoms with Crippen LogP contribution >= 0.6 is 11.6 Å². The quantitative estimate of drug-likeness (QED) is 0.490. The number of halogens is 1. The first-order valence-corrected chi connectivity index (χ1v) is 9.11. The molecule has 0 bridgehead atoms. The minimum absolute atomic E-state index is 0.0331. The Morgan fingerprint density at radius 1 is 0.929 bits per heavy atom. The zero-order valence-electron chi connectivity index (χ0n) is 15.0. The molecule has 0 unspecified atom stereocenters. The first-order chi connectivity index (χ1) is 13.5. The van der Waals surface area contributed by atoms with Crippen LogP contribution in [0, 0.1) is 6.92 Å². The Labute approximate surface area is 166 Å². The van der Waals surface area contributed by atoms with Crippen molar-refractivity contribution in [2.45, 2.75) is 6.92 Å². The van der Waals surface area contributed by atoms with Gasteiger partial charge >= 0.3 is 5.63 Å². The lowest BCUT2D eigenvalue weighted by molar-refractivity contribution is 0.0994. The number of anilines is 1. The average Bonchev–Trinajstić information content (AvgIpc) is 2.71. The number of rotatable bonds is 3. The van der Waals surface area contributed by atoms with Crippen LogP contribution in [0.25, 0.3) is 21.9 Å². The summed E-state index contributed by atoms with van der Waals surface area (Å²) in [6.07, 6.45) is 0. The molecule has 0 radical (unpaired) electrons. The molecule has 0 atom stereocenters. The van der Waals surface area contributed by atoms with Gasteiger partial charge in [-0.25, -0.2) is 4.79 Å². The van der Waals surface area contributed by atoms with Gasteiger partial charge in [-0.05, 0) is 36.2 Å². The van der Waals surface area contributed by atoms with Gasteiger partial charge in [0.25, 0.3) is 5.91 Å². The van der Waals surface area contributed by atoms with E-state index in [-0.39, 0.29) is 5.76 Å². The van der Waals surface area contributed by atoms with Crippen molar-refractivity contribution >= 4 is 34.0 Å². The molecule has 4 aromatic rings. The highest BCUT2D eigenvalue weighted by atomic mass is 35.5. The highest BCUT2D eigenvalue weighted by molar-refractivity contribution is 6.31. The highest BCUT2D eigenvalue weighted by Crippen LogP contribution is 2.31. The third-order valence-corrected chi connectivity index (χ3v) is 4.79. The normalized spacial score (nSPS) is 10.8. The van der Waals surface area contributed by atoms with E-state index in [4.69, 9.17) is 16.0 Å². The maximum absolute atomic E-state index is 13.1. The van der Waals surface area contributed by atoms with Crippen LogP contribution in [0.3, 0.4) is 0 Å². The summed E-state index contributed by atoms with van der Waals surface area (Å²) < 4.78 is 5.48. The number of benzene rings is 3. The molecule has 0 fully saturated rings. The van der Waals surface area contributed by atoms with Crippen molar-refractivity contribution in [1.29, 1.82) is 0 Å². The lowest BCUT2D eigenvalue weighted by atomic mass is 9.98. The predicted molar refractivity (Wildman–Crippen MR) is 112 cm³/mol. The van der Waals surface area contributed by atoms with Crippen molar-refractivity contribution in [3.63, 3.8) is 0 Å². The molecule has 4 rings (SSSR count). The smallest absolute Gasteiger partial charge is 0.344 e. The summed E-state index contributed by atoms with van der Waals surface area (Å²) in [5, 5.41) is 4.41. The van der Waals surface area contributed by atoms with E-state index in [2.05, 4.69) is 5.32 Å². The number of carbonyl (C=O) groups excluding carboxylic acids is 1. The van der Waals surface area contributed by atoms with Crippen LogP contribution in [0.4, 0.5) is 5.69 Å². The van der Waals surface area contributed by atoms with Crippen molar-refractivity contribution < 1.29 is 9.21 Å². The molecule has 28 heavy (non-hydrogen) atoms. The summed E-state index contributed by atoms with van der Waals surface area (Å²) >= 11 is 6.05. The van der Waals surface area contributed by atoms with Crippen molar-refractivity contribution in [2.24, 2.45) is 0 Å². The topological polar surface area (TPSA) is 59.3 Å². The molecule has 0 spiro atoms. The summed E-state index contributed by atoms with van der Waals surface area (Å²) in [7, 11) is 0. The van der Waals surface area contributed by atoms with E-state index in [1.165, 1.54) is 0 Å². The van der Waals surface area contributed by atoms with Crippen LogP contribution in [-0.2, 0) is 0 Å². The van der Waals surface area contributed by atoms with Crippen LogP contribution < -0.4 is 10.9 Å². The summed E-state index contributed by atoms with van der Waals surface area (Å²) in [5.41, 5.74) is 2.22. The van der Waals surface area contributed by atoms with E-state index in [0.717, 1.165) is 11.1 Å². The van der Waals surface area contributed by atoms with Gasteiger partial charge < -0.3 is 9.73 Å². The molecule has 0 aliphatic carbocycles. The minimum Gasteiger partial charge on any atom is -0.416 e. The van der Waals surface area contributed by atoms with Gasteiger partial charge in [0.2, 0.25) is 5.76 Å². The maximum Gasteiger partial charge on any atom is 0.344 e. The zero-order valence-corrected chi connectivity index (χ0v) is 15.8. The first-order valence-electron chi connectivity index (χ1n) is 8.73. The van der Waals surface area contributed by atoms with Gasteiger partial charge in [-0.2, -0.15) is 0 Å². The number of nitrogens with one attached hydrogen (secondary N) is 1. The van der Waals surface area contributed by atoms with E-state index >= 15 is 0 Å². The molecular formula is C23H16ClNO3. The molecule has 0 aliphatic heterocycles. The Kier molecular flexibility index (Phi) is 4.72. The molecule has 5 heteroatoms. The van der Waals surface area contributed by atoms with Crippen molar-refractivity contribution in [3.8, 4) is 11.1 Å². The predicted octanol–water partition coefficient (Wildman–Crippen LogP) is 5.67. The maximum atomic E-state index is 13.1. The summed E-state index contributed by atoms with van der Waals surface area (Å²) in [5.74, 6) is -0.540. The van der Waals surface area contributed by atoms with E-state index < -0.39 is 11.5 Å². The van der Waals surface area contributed by atoms with Gasteiger partial charge in [-0.15, -0.1) is 0 Å². The second kappa shape index (κ2) is 7.33. The second-order valence-electron chi connectivity index (χ2n) is 6.42. The summed E-state index contributed by atoms with van der Waals surface area (Å²) in [6.45, 7) is 1.86. The van der Waals surface area contributed by atoms with Crippen LogP contribution in [0.1, 0.15) is 16.1 Å². The first kappa shape index (κ1) is 18.0. The third-order valence-electron chi connectivity index (χ3n) is 4.55. The number of carbonyl (C=O) groups is 1. The summed E-state index contributed by atoms with van der Waals surface area (Å²) in [6, 6.07) is 21.7. The Morgan fingerprint density at radius 2 is 1.61 bits per heavy atom. The minimum atomic E-state index is -0.553. The zero-order chi connectivity index (χ0) is 19.7. The lowest BCUT2D eigenvalue weighted by Gasteiger charge is -2.13. The van der Waals surface area contributed by atoms with E-state index in [9.17, 15) is 9.59 Å². The molecule has 1 aromatic heterocycles. The van der Waals surface area contributed by atoms with E-state index in [1.54, 1.807) is 24.3 Å². The molecule has 0 saturated carbocycles. The SMILES string of the molecule is Cc1ccc(Cl)cc1NC(=O)c1oc(=O)c2ccccc2c1-c1ccccc1. The van der Waals surface area contributed by atoms with Crippen molar-refractivity contribution in [3.05, 3.63) is 99.6 Å². The van der Waals surface area contributed by atoms with Crippen molar-refractivity contribution in [2.75, 3.05) is 5.32 Å². The Hall–Kier alpha value is -3.37. The lowest BCUT2D eigenvalue weighted by Crippen LogP contribution is -2.17. The Balaban J connectivity index is 1.92. The molecular weight excluding hydrogens is 374 g/mol. The molecule has 4 nitrogen and oxygen atoms in total. The van der Waals surface area contributed by atoms with Gasteiger partial charge in [0, 0.05) is 21.7 Å². The third kappa shape index (κ3) is 3.30. The van der Waals surface area contributed by atoms with Crippen LogP contribution in [0.5, 0.6) is 0 Å². The van der Waals surface area contributed by atoms with E-state index in [1.807, 2.05) is 55.5 Å². The summed E-state index contributed by atoms with van der Waals surface area (Å²) in [4.78, 5) is 25.6. The van der Waals surface area contributed by atoms with E-state index in [0.29, 0.717) is 27.0 Å². The van der Waals surface area contributed by atoms with Crippen LogP contribution in [-0.4, -0.2) is 5.91 Å². The fraction of sp³-hybridized carbons (Fsp3) is 0.0435. The van der Waals surface area contributed by atoms with Gasteiger partial charge in [0.05, 0.1) is 5.39 Å². The van der Waals surface area contributed by atoms with Gasteiger partial charge in [-0.1, -0.05) is 66.2 Å². The number of fused-ring (bicyclic) bond motifs is 1. The number of aryl methyl sites for hydroxylation is 1. The van der Waals surface area contributed by atoms with Crippen LogP contribution in [0.15, 0.2) is 82.0 Å². The molecule has 138 valence electrons. The second-order valence-corrected chi connectivity index (χ2v) is 6.86. The fourth-order valence-electron chi connectivity index (χ4n) is 3.16.